The third-order valence-corrected chi connectivity index (χ3v) is 12.4. The van der Waals surface area contributed by atoms with Crippen LogP contribution in [0.5, 0.6) is 5.75 Å². The summed E-state index contributed by atoms with van der Waals surface area (Å²) in [6.07, 6.45) is -2.53. The monoisotopic (exact) mass is 1150 g/mol. The molecule has 0 spiro atoms. The van der Waals surface area contributed by atoms with E-state index in [0.29, 0.717) is 23.2 Å². The van der Waals surface area contributed by atoms with Gasteiger partial charge in [-0.3, -0.25) is 43.3 Å². The number of aromatic amines is 1. The van der Waals surface area contributed by atoms with E-state index >= 15 is 0 Å². The summed E-state index contributed by atoms with van der Waals surface area (Å²) in [5.74, 6) is -12.5. The summed E-state index contributed by atoms with van der Waals surface area (Å²) in [6, 6.07) is 3.91. The maximum Gasteiger partial charge on any atom is 0.490 e. The van der Waals surface area contributed by atoms with E-state index in [4.69, 9.17) is 32.2 Å². The van der Waals surface area contributed by atoms with Crippen LogP contribution in [0.15, 0.2) is 72.1 Å². The molecule has 17 N–H and O–H groups in total. The molecule has 444 valence electrons. The summed E-state index contributed by atoms with van der Waals surface area (Å²) >= 11 is 0. The number of amides is 7. The van der Waals surface area contributed by atoms with Gasteiger partial charge in [-0.2, -0.15) is 13.2 Å². The van der Waals surface area contributed by atoms with Gasteiger partial charge in [0, 0.05) is 44.2 Å². The molecule has 1 aliphatic heterocycles. The van der Waals surface area contributed by atoms with Crippen molar-refractivity contribution in [1.29, 1.82) is 0 Å². The zero-order chi connectivity index (χ0) is 60.7. The number of carboxylic acid groups (broad SMARTS) is 3. The van der Waals surface area contributed by atoms with Gasteiger partial charge in [0.15, 0.2) is 5.96 Å². The number of carboxylic acids is 3. The first kappa shape index (κ1) is 66.4. The quantitative estimate of drug-likeness (QED) is 0.0234. The summed E-state index contributed by atoms with van der Waals surface area (Å²) < 4.78 is 31.7. The number of nitrogens with zero attached hydrogens (tertiary/aromatic N) is 3. The highest BCUT2D eigenvalue weighted by atomic mass is 19.4. The maximum atomic E-state index is 14.5. The van der Waals surface area contributed by atoms with Crippen LogP contribution in [0.2, 0.25) is 0 Å². The highest BCUT2D eigenvalue weighted by molar-refractivity contribution is 5.98. The Bertz CT molecular complexity index is 2660. The number of nitrogens with one attached hydrogen (secondary N) is 7. The van der Waals surface area contributed by atoms with Crippen molar-refractivity contribution >= 4 is 65.2 Å². The fourth-order valence-electron chi connectivity index (χ4n) is 8.15. The molecule has 1 fully saturated rings. The van der Waals surface area contributed by atoms with Gasteiger partial charge >= 0.3 is 24.1 Å². The number of alkyl halides is 3. The predicted octanol–water partition coefficient (Wildman–Crippen LogP) is -1.07. The number of phenols is 1. The molecule has 0 unspecified atom stereocenters. The number of guanidine groups is 1. The van der Waals surface area contributed by atoms with E-state index in [0.717, 1.165) is 0 Å². The van der Waals surface area contributed by atoms with Gasteiger partial charge in [-0.05, 0) is 60.8 Å². The summed E-state index contributed by atoms with van der Waals surface area (Å²) in [6.45, 7) is 6.70. The third kappa shape index (κ3) is 22.4. The lowest BCUT2D eigenvalue weighted by Crippen LogP contribution is -2.62. The van der Waals surface area contributed by atoms with Gasteiger partial charge in [-0.15, -0.1) is 0 Å². The summed E-state index contributed by atoms with van der Waals surface area (Å²) in [5, 5.41) is 52.0. The topological polar surface area (TPSA) is 446 Å². The molecular formula is C51H70F3N13O14. The van der Waals surface area contributed by atoms with Crippen molar-refractivity contribution in [2.45, 2.75) is 134 Å². The van der Waals surface area contributed by atoms with Crippen LogP contribution < -0.4 is 49.1 Å². The van der Waals surface area contributed by atoms with Crippen LogP contribution in [0, 0.1) is 11.8 Å². The minimum absolute atomic E-state index is 0.00251. The van der Waals surface area contributed by atoms with Crippen molar-refractivity contribution in [2.75, 3.05) is 13.1 Å². The van der Waals surface area contributed by atoms with E-state index in [-0.39, 0.29) is 63.3 Å². The number of carbonyl (C=O) groups excluding carboxylic acids is 7. The molecule has 1 aromatic heterocycles. The fraction of sp³-hybridized carbons (Fsp3) is 0.490. The Hall–Kier alpha value is -8.83. The number of rotatable bonds is 28. The Kier molecular flexibility index (Phi) is 26.0. The average Bonchev–Trinajstić information content (AvgIpc) is 4.20. The lowest BCUT2D eigenvalue weighted by atomic mass is 9.98. The van der Waals surface area contributed by atoms with E-state index in [1.807, 2.05) is 0 Å². The Morgan fingerprint density at radius 2 is 1.25 bits per heavy atom. The molecule has 81 heavy (non-hydrogen) atoms. The molecule has 0 radical (unpaired) electrons. The van der Waals surface area contributed by atoms with Crippen molar-refractivity contribution in [2.24, 2.45) is 34.0 Å². The van der Waals surface area contributed by atoms with Crippen molar-refractivity contribution in [3.8, 4) is 5.75 Å². The lowest BCUT2D eigenvalue weighted by molar-refractivity contribution is -0.192. The third-order valence-electron chi connectivity index (χ3n) is 12.4. The van der Waals surface area contributed by atoms with Gasteiger partial charge in [0.25, 0.3) is 0 Å². The summed E-state index contributed by atoms with van der Waals surface area (Å²) in [7, 11) is 0. The van der Waals surface area contributed by atoms with Crippen molar-refractivity contribution in [3.63, 3.8) is 0 Å². The highest BCUT2D eigenvalue weighted by Gasteiger charge is 2.41. The van der Waals surface area contributed by atoms with E-state index < -0.39 is 132 Å². The number of halogens is 3. The maximum absolute atomic E-state index is 14.5. The molecule has 1 saturated heterocycles. The van der Waals surface area contributed by atoms with Gasteiger partial charge in [0.05, 0.1) is 18.8 Å². The van der Waals surface area contributed by atoms with Crippen molar-refractivity contribution < 1.29 is 81.5 Å². The summed E-state index contributed by atoms with van der Waals surface area (Å²) in [5.41, 5.74) is 18.2. The molecule has 0 bridgehead atoms. The number of aromatic nitrogens is 2. The predicted molar refractivity (Wildman–Crippen MR) is 282 cm³/mol. The van der Waals surface area contributed by atoms with Crippen LogP contribution in [0.25, 0.3) is 0 Å². The van der Waals surface area contributed by atoms with Crippen molar-refractivity contribution in [3.05, 3.63) is 83.9 Å². The van der Waals surface area contributed by atoms with E-state index in [2.05, 4.69) is 46.9 Å². The van der Waals surface area contributed by atoms with Crippen LogP contribution in [0.1, 0.15) is 76.6 Å². The van der Waals surface area contributed by atoms with Gasteiger partial charge in [-0.25, -0.2) is 14.6 Å². The van der Waals surface area contributed by atoms with E-state index in [9.17, 15) is 66.5 Å². The number of hydrogen-bond acceptors (Lipinski definition) is 14. The Balaban J connectivity index is 0.00000230. The number of phenolic OH excluding ortho intramolecular Hbond substituents is 1. The first-order valence-electron chi connectivity index (χ1n) is 25.5. The van der Waals surface area contributed by atoms with Gasteiger partial charge < -0.3 is 79.4 Å². The van der Waals surface area contributed by atoms with E-state index in [1.54, 1.807) is 58.0 Å². The van der Waals surface area contributed by atoms with Gasteiger partial charge in [0.1, 0.15) is 48.0 Å². The number of benzene rings is 2. The molecule has 8 atom stereocenters. The molecule has 4 rings (SSSR count). The molecule has 0 saturated carbocycles. The molecular weight excluding hydrogens is 1080 g/mol. The van der Waals surface area contributed by atoms with E-state index in [1.165, 1.54) is 41.7 Å². The normalized spacial score (nSPS) is 15.6. The number of carbonyl (C=O) groups is 10. The minimum atomic E-state index is -5.08. The zero-order valence-corrected chi connectivity index (χ0v) is 44.8. The second-order valence-electron chi connectivity index (χ2n) is 19.5. The largest absolute Gasteiger partial charge is 0.508 e. The van der Waals surface area contributed by atoms with Crippen LogP contribution in [-0.2, 0) is 67.2 Å². The number of hydrogen-bond donors (Lipinski definition) is 14. The highest BCUT2D eigenvalue weighted by Crippen LogP contribution is 2.21. The number of aliphatic imine (C=N–C) groups is 1. The smallest absolute Gasteiger partial charge is 0.490 e. The van der Waals surface area contributed by atoms with Gasteiger partial charge in [0.2, 0.25) is 41.4 Å². The van der Waals surface area contributed by atoms with Crippen molar-refractivity contribution in [1.82, 2.24) is 46.8 Å². The SMILES string of the molecule is CC(C)[C@H](NC(=O)[C@H](CCCN=C(N)N)NC(=O)[C@@H](N)CC(=O)O)C(=O)N[C@@H](Cc1ccc(O)cc1)C(=O)N[C@H](C(=O)N[C@@H](Cc1cnc[nH]1)C(=O)N1CCC[C@H]1C(=O)N[C@@H](Cc1ccccc1)C(=O)O)C(C)C.O=C(O)C(F)(F)F. The number of likely N-dealkylation sites (tertiary alicyclic amines) is 1. The number of H-pyrrole nitrogens is 1. The second kappa shape index (κ2) is 31.7. The first-order valence-corrected chi connectivity index (χ1v) is 25.5. The fourth-order valence-corrected chi connectivity index (χ4v) is 8.15. The Labute approximate surface area is 462 Å². The second-order valence-corrected chi connectivity index (χ2v) is 19.5. The van der Waals surface area contributed by atoms with Crippen LogP contribution in [-0.4, -0.2) is 168 Å². The van der Waals surface area contributed by atoms with Gasteiger partial charge in [-0.1, -0.05) is 70.2 Å². The van der Waals surface area contributed by atoms with Crippen LogP contribution in [0.4, 0.5) is 13.2 Å². The number of aromatic hydroxyl groups is 1. The molecule has 2 heterocycles. The number of nitrogens with two attached hydrogens (primary N) is 3. The Morgan fingerprint density at radius 3 is 1.75 bits per heavy atom. The lowest BCUT2D eigenvalue weighted by Gasteiger charge is -2.31. The summed E-state index contributed by atoms with van der Waals surface area (Å²) in [4.78, 5) is 143. The minimum Gasteiger partial charge on any atom is -0.508 e. The molecule has 27 nitrogen and oxygen atoms in total. The zero-order valence-electron chi connectivity index (χ0n) is 44.8. The average molecular weight is 1150 g/mol. The van der Waals surface area contributed by atoms with Crippen LogP contribution in [0.3, 0.4) is 0 Å². The standard InChI is InChI=1S/C49H69N13O12.C2HF3O2/c1-26(2)39(60-42(67)33(12-8-18-54-49(51)52)56-41(66)32(50)23-38(64)65)45(70)57-34(20-29-14-16-31(63)17-15-29)43(68)61-40(27(3)4)46(71)58-35(22-30-24-53-25-55-30)47(72)62-19-9-13-37(62)44(69)59-36(48(73)74)21-28-10-6-5-7-11-28;3-2(4,5)1(6)7/h5-7,10-11,14-17,24-27,32-37,39-40,63H,8-9,12-13,18-23,50H2,1-4H3,(H,53,55)(H,56,66)(H,57,70)(H,58,71)(H,59,69)(H,60,67)(H,61,68)(H,64,65)(H,73,74)(H4,51,52,54);(H,6,7)/t32-,33-,34-,35-,36-,37-,39-,40-;/m0./s1. The molecule has 30 heteroatoms. The number of aliphatic carboxylic acids is 3. The first-order chi connectivity index (χ1) is 38.0. The molecule has 2 aromatic carbocycles. The Morgan fingerprint density at radius 1 is 0.716 bits per heavy atom. The van der Waals surface area contributed by atoms with Crippen LogP contribution >= 0.6 is 0 Å². The molecule has 7 amide bonds. The molecule has 1 aliphatic rings. The number of imidazole rings is 1. The molecule has 0 aliphatic carbocycles. The molecule has 3 aromatic rings.